The maximum Gasteiger partial charge on any atom is 0.264 e. The zero-order valence-electron chi connectivity index (χ0n) is 19.0. The predicted molar refractivity (Wildman–Crippen MR) is 134 cm³/mol. The SMILES string of the molecule is CC(C)COc1ccc(C(=O)Nc2ccc(N3CCN(C(=O)c4cccs4)CC3)cc2)cc1. The number of piperazine rings is 1. The Bertz CT molecular complexity index is 1060. The van der Waals surface area contributed by atoms with Gasteiger partial charge in [0.1, 0.15) is 5.75 Å². The van der Waals surface area contributed by atoms with Gasteiger partial charge in [-0.15, -0.1) is 11.3 Å². The summed E-state index contributed by atoms with van der Waals surface area (Å²) in [4.78, 5) is 30.1. The Kier molecular flexibility index (Phi) is 7.29. The molecule has 0 radical (unpaired) electrons. The maximum absolute atomic E-state index is 12.6. The van der Waals surface area contributed by atoms with Crippen LogP contribution >= 0.6 is 11.3 Å². The van der Waals surface area contributed by atoms with Crippen LogP contribution in [0, 0.1) is 5.92 Å². The minimum Gasteiger partial charge on any atom is -0.493 e. The van der Waals surface area contributed by atoms with Crippen molar-refractivity contribution in [1.82, 2.24) is 4.90 Å². The van der Waals surface area contributed by atoms with Gasteiger partial charge in [0.05, 0.1) is 11.5 Å². The number of nitrogens with one attached hydrogen (secondary N) is 1. The monoisotopic (exact) mass is 463 g/mol. The van der Waals surface area contributed by atoms with Gasteiger partial charge < -0.3 is 19.9 Å². The average Bonchev–Trinajstić information content (AvgIpc) is 3.38. The van der Waals surface area contributed by atoms with Crippen LogP contribution in [0.1, 0.15) is 33.9 Å². The van der Waals surface area contributed by atoms with Crippen LogP contribution in [0.4, 0.5) is 11.4 Å². The van der Waals surface area contributed by atoms with E-state index in [1.165, 1.54) is 11.3 Å². The molecular weight excluding hydrogens is 434 g/mol. The summed E-state index contributed by atoms with van der Waals surface area (Å²) in [6, 6.07) is 18.8. The van der Waals surface area contributed by atoms with Gasteiger partial charge in [0.15, 0.2) is 0 Å². The molecule has 33 heavy (non-hydrogen) atoms. The van der Waals surface area contributed by atoms with Crippen LogP contribution in [0.25, 0.3) is 0 Å². The summed E-state index contributed by atoms with van der Waals surface area (Å²) in [6.45, 7) is 7.82. The number of amides is 2. The number of anilines is 2. The van der Waals surface area contributed by atoms with Gasteiger partial charge in [-0.25, -0.2) is 0 Å². The highest BCUT2D eigenvalue weighted by Gasteiger charge is 2.22. The van der Waals surface area contributed by atoms with Crippen molar-refractivity contribution in [3.05, 3.63) is 76.5 Å². The third-order valence-electron chi connectivity index (χ3n) is 5.49. The molecule has 6 nitrogen and oxygen atoms in total. The lowest BCUT2D eigenvalue weighted by Gasteiger charge is -2.36. The van der Waals surface area contributed by atoms with Crippen molar-refractivity contribution >= 4 is 34.5 Å². The van der Waals surface area contributed by atoms with E-state index >= 15 is 0 Å². The number of carbonyl (C=O) groups is 2. The molecule has 2 heterocycles. The Morgan fingerprint density at radius 3 is 2.27 bits per heavy atom. The van der Waals surface area contributed by atoms with Crippen LogP contribution in [0.15, 0.2) is 66.0 Å². The van der Waals surface area contributed by atoms with Crippen LogP contribution in [0.2, 0.25) is 0 Å². The van der Waals surface area contributed by atoms with E-state index in [2.05, 4.69) is 24.1 Å². The number of nitrogens with zero attached hydrogens (tertiary/aromatic N) is 2. The summed E-state index contributed by atoms with van der Waals surface area (Å²) in [5.74, 6) is 1.18. The highest BCUT2D eigenvalue weighted by atomic mass is 32.1. The topological polar surface area (TPSA) is 61.9 Å². The minimum atomic E-state index is -0.154. The molecule has 0 spiro atoms. The van der Waals surface area contributed by atoms with E-state index in [0.29, 0.717) is 31.2 Å². The standard InChI is InChI=1S/C26H29N3O3S/c1-19(2)18-32-23-11-5-20(6-12-23)25(30)27-21-7-9-22(10-8-21)28-13-15-29(16-14-28)26(31)24-4-3-17-33-24/h3-12,17,19H,13-16,18H2,1-2H3,(H,27,30). The molecular formula is C26H29N3O3S. The molecule has 1 N–H and O–H groups in total. The minimum absolute atomic E-state index is 0.113. The molecule has 4 rings (SSSR count). The summed E-state index contributed by atoms with van der Waals surface area (Å²) in [5.41, 5.74) is 2.42. The van der Waals surface area contributed by atoms with E-state index < -0.39 is 0 Å². The van der Waals surface area contributed by atoms with E-state index in [0.717, 1.165) is 35.1 Å². The van der Waals surface area contributed by atoms with Crippen molar-refractivity contribution in [2.24, 2.45) is 5.92 Å². The number of ether oxygens (including phenoxy) is 1. The molecule has 1 fully saturated rings. The number of benzene rings is 2. The molecule has 1 aromatic heterocycles. The van der Waals surface area contributed by atoms with Gasteiger partial charge in [0, 0.05) is 43.1 Å². The number of hydrogen-bond donors (Lipinski definition) is 1. The molecule has 3 aromatic rings. The average molecular weight is 464 g/mol. The molecule has 1 saturated heterocycles. The Labute approximate surface area is 198 Å². The van der Waals surface area contributed by atoms with E-state index in [9.17, 15) is 9.59 Å². The zero-order chi connectivity index (χ0) is 23.2. The summed E-state index contributed by atoms with van der Waals surface area (Å²) in [6.07, 6.45) is 0. The van der Waals surface area contributed by atoms with Crippen molar-refractivity contribution in [1.29, 1.82) is 0 Å². The molecule has 7 heteroatoms. The van der Waals surface area contributed by atoms with Crippen molar-refractivity contribution < 1.29 is 14.3 Å². The van der Waals surface area contributed by atoms with Crippen molar-refractivity contribution in [3.63, 3.8) is 0 Å². The summed E-state index contributed by atoms with van der Waals surface area (Å²) >= 11 is 1.48. The first-order valence-corrected chi connectivity index (χ1v) is 12.1. The molecule has 0 unspecified atom stereocenters. The maximum atomic E-state index is 12.6. The fourth-order valence-electron chi connectivity index (χ4n) is 3.65. The van der Waals surface area contributed by atoms with Crippen molar-refractivity contribution in [2.75, 3.05) is 43.0 Å². The summed E-state index contributed by atoms with van der Waals surface area (Å²) < 4.78 is 5.67. The summed E-state index contributed by atoms with van der Waals surface area (Å²) in [7, 11) is 0. The van der Waals surface area contributed by atoms with E-state index in [1.54, 1.807) is 12.1 Å². The molecule has 2 amide bonds. The van der Waals surface area contributed by atoms with Gasteiger partial charge in [-0.3, -0.25) is 9.59 Å². The second-order valence-corrected chi connectivity index (χ2v) is 9.43. The Morgan fingerprint density at radius 2 is 1.67 bits per heavy atom. The number of thiophene rings is 1. The summed E-state index contributed by atoms with van der Waals surface area (Å²) in [5, 5.41) is 4.88. The first-order chi connectivity index (χ1) is 16.0. The molecule has 0 bridgehead atoms. The normalized spacial score (nSPS) is 13.8. The van der Waals surface area contributed by atoms with Gasteiger partial charge in [-0.1, -0.05) is 19.9 Å². The largest absolute Gasteiger partial charge is 0.493 e. The lowest BCUT2D eigenvalue weighted by Crippen LogP contribution is -2.48. The number of rotatable bonds is 7. The van der Waals surface area contributed by atoms with E-state index in [4.69, 9.17) is 4.74 Å². The quantitative estimate of drug-likeness (QED) is 0.536. The van der Waals surface area contributed by atoms with Gasteiger partial charge in [0.2, 0.25) is 0 Å². The molecule has 0 aliphatic carbocycles. The molecule has 1 aliphatic heterocycles. The molecule has 172 valence electrons. The molecule has 0 atom stereocenters. The Morgan fingerprint density at radius 1 is 0.970 bits per heavy atom. The van der Waals surface area contributed by atoms with Crippen molar-refractivity contribution in [3.8, 4) is 5.75 Å². The third kappa shape index (κ3) is 5.93. The highest BCUT2D eigenvalue weighted by molar-refractivity contribution is 7.12. The smallest absolute Gasteiger partial charge is 0.264 e. The van der Waals surface area contributed by atoms with Crippen molar-refractivity contribution in [2.45, 2.75) is 13.8 Å². The Balaban J connectivity index is 1.29. The van der Waals surface area contributed by atoms with Crippen LogP contribution in [0.5, 0.6) is 5.75 Å². The van der Waals surface area contributed by atoms with Crippen LogP contribution in [-0.2, 0) is 0 Å². The number of carbonyl (C=O) groups excluding carboxylic acids is 2. The zero-order valence-corrected chi connectivity index (χ0v) is 19.8. The van der Waals surface area contributed by atoms with E-state index in [1.807, 2.05) is 58.8 Å². The molecule has 1 aliphatic rings. The molecule has 2 aromatic carbocycles. The second-order valence-electron chi connectivity index (χ2n) is 8.49. The lowest BCUT2D eigenvalue weighted by atomic mass is 10.2. The lowest BCUT2D eigenvalue weighted by molar-refractivity contribution is 0.0751. The fourth-order valence-corrected chi connectivity index (χ4v) is 4.34. The predicted octanol–water partition coefficient (Wildman–Crippen LogP) is 5.00. The van der Waals surface area contributed by atoms with Crippen LogP contribution in [0.3, 0.4) is 0 Å². The van der Waals surface area contributed by atoms with E-state index in [-0.39, 0.29) is 11.8 Å². The third-order valence-corrected chi connectivity index (χ3v) is 6.35. The Hall–Kier alpha value is -3.32. The number of hydrogen-bond acceptors (Lipinski definition) is 5. The second kappa shape index (κ2) is 10.5. The first kappa shape index (κ1) is 22.9. The fraction of sp³-hybridized carbons (Fsp3) is 0.308. The van der Waals surface area contributed by atoms with Gasteiger partial charge in [-0.2, -0.15) is 0 Å². The van der Waals surface area contributed by atoms with Gasteiger partial charge in [-0.05, 0) is 65.9 Å². The first-order valence-electron chi connectivity index (χ1n) is 11.2. The van der Waals surface area contributed by atoms with Crippen LogP contribution in [-0.4, -0.2) is 49.5 Å². The highest BCUT2D eigenvalue weighted by Crippen LogP contribution is 2.22. The van der Waals surface area contributed by atoms with Gasteiger partial charge in [0.25, 0.3) is 11.8 Å². The van der Waals surface area contributed by atoms with Gasteiger partial charge >= 0.3 is 0 Å². The molecule has 0 saturated carbocycles. The van der Waals surface area contributed by atoms with Crippen LogP contribution < -0.4 is 15.0 Å².